The minimum atomic E-state index is -0.757. The minimum Gasteiger partial charge on any atom is -0.465 e. The molecule has 4 heteroatoms. The van der Waals surface area contributed by atoms with Gasteiger partial charge in [0.2, 0.25) is 0 Å². The molecule has 0 aliphatic carbocycles. The van der Waals surface area contributed by atoms with Crippen molar-refractivity contribution >= 4 is 6.09 Å². The van der Waals surface area contributed by atoms with Gasteiger partial charge in [-0.05, 0) is 38.8 Å². The highest BCUT2D eigenvalue weighted by Crippen LogP contribution is 2.20. The average Bonchev–Trinajstić information content (AvgIpc) is 2.41. The first-order valence-corrected chi connectivity index (χ1v) is 7.41. The van der Waals surface area contributed by atoms with Crippen LogP contribution < -0.4 is 0 Å². The molecule has 2 saturated heterocycles. The number of hydrogen-bond donors (Lipinski definition) is 1. The predicted octanol–water partition coefficient (Wildman–Crippen LogP) is 3.03. The SMILES string of the molecule is CCC.O=C(O)N1CCC(N2CCCCC2)CC1. The van der Waals surface area contributed by atoms with E-state index in [2.05, 4.69) is 18.7 Å². The number of nitrogens with zero attached hydrogens (tertiary/aromatic N) is 2. The molecule has 0 aromatic rings. The van der Waals surface area contributed by atoms with Crippen LogP contribution in [0.3, 0.4) is 0 Å². The number of likely N-dealkylation sites (tertiary alicyclic amines) is 2. The van der Waals surface area contributed by atoms with Gasteiger partial charge in [0.25, 0.3) is 0 Å². The van der Waals surface area contributed by atoms with Crippen LogP contribution in [-0.2, 0) is 0 Å². The van der Waals surface area contributed by atoms with Crippen LogP contribution in [0, 0.1) is 0 Å². The Hall–Kier alpha value is -0.770. The van der Waals surface area contributed by atoms with Crippen LogP contribution in [0.5, 0.6) is 0 Å². The smallest absolute Gasteiger partial charge is 0.407 e. The molecule has 0 saturated carbocycles. The van der Waals surface area contributed by atoms with Gasteiger partial charge in [0.1, 0.15) is 0 Å². The van der Waals surface area contributed by atoms with Crippen LogP contribution in [0.2, 0.25) is 0 Å². The second-order valence-corrected chi connectivity index (χ2v) is 5.30. The van der Waals surface area contributed by atoms with Crippen LogP contribution in [-0.4, -0.2) is 53.2 Å². The lowest BCUT2D eigenvalue weighted by Gasteiger charge is -2.39. The summed E-state index contributed by atoms with van der Waals surface area (Å²) in [6.45, 7) is 8.13. The Bertz CT molecular complexity index is 232. The van der Waals surface area contributed by atoms with Crippen LogP contribution in [0.4, 0.5) is 4.79 Å². The fourth-order valence-corrected chi connectivity index (χ4v) is 2.71. The first-order valence-electron chi connectivity index (χ1n) is 7.41. The molecule has 18 heavy (non-hydrogen) atoms. The fourth-order valence-electron chi connectivity index (χ4n) is 2.71. The van der Waals surface area contributed by atoms with Crippen LogP contribution in [0.25, 0.3) is 0 Å². The van der Waals surface area contributed by atoms with Crippen molar-refractivity contribution in [2.75, 3.05) is 26.2 Å². The van der Waals surface area contributed by atoms with E-state index in [9.17, 15) is 4.79 Å². The van der Waals surface area contributed by atoms with Gasteiger partial charge in [0, 0.05) is 19.1 Å². The monoisotopic (exact) mass is 256 g/mol. The Labute approximate surface area is 111 Å². The van der Waals surface area contributed by atoms with Gasteiger partial charge in [-0.1, -0.05) is 26.7 Å². The Morgan fingerprint density at radius 1 is 1.06 bits per heavy atom. The first kappa shape index (κ1) is 15.3. The van der Waals surface area contributed by atoms with Gasteiger partial charge in [-0.15, -0.1) is 0 Å². The maximum atomic E-state index is 10.7. The minimum absolute atomic E-state index is 0.640. The summed E-state index contributed by atoms with van der Waals surface area (Å²) < 4.78 is 0. The van der Waals surface area contributed by atoms with Gasteiger partial charge in [0.15, 0.2) is 0 Å². The molecule has 4 nitrogen and oxygen atoms in total. The molecule has 0 aromatic heterocycles. The second kappa shape index (κ2) is 8.35. The van der Waals surface area contributed by atoms with Gasteiger partial charge in [-0.3, -0.25) is 0 Å². The van der Waals surface area contributed by atoms with Crippen molar-refractivity contribution in [2.45, 2.75) is 58.4 Å². The van der Waals surface area contributed by atoms with Crippen molar-refractivity contribution in [1.29, 1.82) is 0 Å². The van der Waals surface area contributed by atoms with Crippen molar-refractivity contribution in [3.8, 4) is 0 Å². The van der Waals surface area contributed by atoms with Gasteiger partial charge >= 0.3 is 6.09 Å². The first-order chi connectivity index (χ1) is 8.69. The third-order valence-electron chi connectivity index (χ3n) is 3.64. The molecule has 0 radical (unpaired) electrons. The molecular formula is C14H28N2O2. The fraction of sp³-hybridized carbons (Fsp3) is 0.929. The Morgan fingerprint density at radius 2 is 1.56 bits per heavy atom. The Kier molecular flexibility index (Phi) is 7.09. The summed E-state index contributed by atoms with van der Waals surface area (Å²) in [5.41, 5.74) is 0. The predicted molar refractivity (Wildman–Crippen MR) is 74.0 cm³/mol. The van der Waals surface area contributed by atoms with E-state index >= 15 is 0 Å². The number of carboxylic acid groups (broad SMARTS) is 1. The zero-order valence-corrected chi connectivity index (χ0v) is 11.9. The van der Waals surface area contributed by atoms with Crippen LogP contribution >= 0.6 is 0 Å². The molecule has 0 aromatic carbocycles. The molecule has 2 aliphatic rings. The molecule has 0 unspecified atom stereocenters. The van der Waals surface area contributed by atoms with E-state index in [1.165, 1.54) is 38.8 Å². The highest BCUT2D eigenvalue weighted by Gasteiger charge is 2.27. The molecule has 2 aliphatic heterocycles. The maximum Gasteiger partial charge on any atom is 0.407 e. The molecular weight excluding hydrogens is 228 g/mol. The lowest BCUT2D eigenvalue weighted by molar-refractivity contribution is 0.0849. The summed E-state index contributed by atoms with van der Waals surface area (Å²) in [7, 11) is 0. The van der Waals surface area contributed by atoms with Gasteiger partial charge in [0.05, 0.1) is 0 Å². The van der Waals surface area contributed by atoms with E-state index in [1.807, 2.05) is 0 Å². The molecule has 1 N–H and O–H groups in total. The summed E-state index contributed by atoms with van der Waals surface area (Å²) >= 11 is 0. The highest BCUT2D eigenvalue weighted by molar-refractivity contribution is 5.65. The lowest BCUT2D eigenvalue weighted by atomic mass is 10.0. The van der Waals surface area contributed by atoms with Crippen molar-refractivity contribution in [3.63, 3.8) is 0 Å². The van der Waals surface area contributed by atoms with E-state index in [4.69, 9.17) is 5.11 Å². The normalized spacial score (nSPS) is 22.2. The largest absolute Gasteiger partial charge is 0.465 e. The molecule has 1 amide bonds. The second-order valence-electron chi connectivity index (χ2n) is 5.30. The van der Waals surface area contributed by atoms with Crippen molar-refractivity contribution < 1.29 is 9.90 Å². The number of carbonyl (C=O) groups is 1. The van der Waals surface area contributed by atoms with Crippen molar-refractivity contribution in [2.24, 2.45) is 0 Å². The quantitative estimate of drug-likeness (QED) is 0.784. The highest BCUT2D eigenvalue weighted by atomic mass is 16.4. The molecule has 2 rings (SSSR count). The zero-order valence-electron chi connectivity index (χ0n) is 11.9. The summed E-state index contributed by atoms with van der Waals surface area (Å²) in [5, 5.41) is 8.85. The lowest BCUT2D eigenvalue weighted by Crippen LogP contribution is -2.47. The summed E-state index contributed by atoms with van der Waals surface area (Å²) in [6, 6.07) is 0.640. The van der Waals surface area contributed by atoms with E-state index in [0.29, 0.717) is 6.04 Å². The van der Waals surface area contributed by atoms with Crippen molar-refractivity contribution in [3.05, 3.63) is 0 Å². The van der Waals surface area contributed by atoms with Gasteiger partial charge in [-0.2, -0.15) is 0 Å². The van der Waals surface area contributed by atoms with Crippen molar-refractivity contribution in [1.82, 2.24) is 9.80 Å². The maximum absolute atomic E-state index is 10.7. The van der Waals surface area contributed by atoms with Gasteiger partial charge in [-0.25, -0.2) is 4.79 Å². The molecule has 0 bridgehead atoms. The molecule has 2 fully saturated rings. The number of rotatable bonds is 1. The van der Waals surface area contributed by atoms with Crippen LogP contribution in [0.15, 0.2) is 0 Å². The molecule has 0 spiro atoms. The van der Waals surface area contributed by atoms with E-state index in [0.717, 1.165) is 25.9 Å². The third-order valence-corrected chi connectivity index (χ3v) is 3.64. The van der Waals surface area contributed by atoms with Crippen LogP contribution in [0.1, 0.15) is 52.4 Å². The molecule has 106 valence electrons. The Morgan fingerprint density at radius 3 is 2.00 bits per heavy atom. The number of piperidine rings is 2. The molecule has 2 heterocycles. The third kappa shape index (κ3) is 4.84. The summed E-state index contributed by atoms with van der Waals surface area (Å²) in [6.07, 6.45) is 6.54. The number of amides is 1. The topological polar surface area (TPSA) is 43.8 Å². The van der Waals surface area contributed by atoms with E-state index < -0.39 is 6.09 Å². The number of hydrogen-bond acceptors (Lipinski definition) is 2. The average molecular weight is 256 g/mol. The molecule has 0 atom stereocenters. The van der Waals surface area contributed by atoms with E-state index in [-0.39, 0.29) is 0 Å². The summed E-state index contributed by atoms with van der Waals surface area (Å²) in [4.78, 5) is 14.8. The standard InChI is InChI=1S/C11H20N2O2.C3H8/c14-11(15)13-8-4-10(5-9-13)12-6-2-1-3-7-12;1-3-2/h10H,1-9H2,(H,14,15);3H2,1-2H3. The van der Waals surface area contributed by atoms with Gasteiger partial charge < -0.3 is 14.9 Å². The zero-order chi connectivity index (χ0) is 13.4. The summed E-state index contributed by atoms with van der Waals surface area (Å²) in [5.74, 6) is 0. The van der Waals surface area contributed by atoms with E-state index in [1.54, 1.807) is 4.90 Å². The Balaban J connectivity index is 0.000000492.